The van der Waals surface area contributed by atoms with E-state index >= 15 is 0 Å². The molecular formula is C15H9N3O2. The van der Waals surface area contributed by atoms with Crippen molar-refractivity contribution in [2.24, 2.45) is 0 Å². The average molecular weight is 263 g/mol. The number of benzene rings is 2. The average Bonchev–Trinajstić information content (AvgIpc) is 3.03. The lowest BCUT2D eigenvalue weighted by Gasteiger charge is -2.13. The summed E-state index contributed by atoms with van der Waals surface area (Å²) in [4.78, 5) is 33.0. The highest BCUT2D eigenvalue weighted by Crippen LogP contribution is 2.29. The van der Waals surface area contributed by atoms with Gasteiger partial charge in [0.15, 0.2) is 0 Å². The van der Waals surface area contributed by atoms with E-state index in [0.29, 0.717) is 16.8 Å². The summed E-state index contributed by atoms with van der Waals surface area (Å²) in [7, 11) is 0. The zero-order valence-electron chi connectivity index (χ0n) is 10.3. The smallest absolute Gasteiger partial charge is 0.266 e. The molecule has 0 atom stereocenters. The van der Waals surface area contributed by atoms with Crippen LogP contribution in [0.1, 0.15) is 20.7 Å². The first-order valence-electron chi connectivity index (χ1n) is 6.16. The molecule has 0 saturated carbocycles. The highest BCUT2D eigenvalue weighted by atomic mass is 16.2. The van der Waals surface area contributed by atoms with E-state index in [2.05, 4.69) is 9.97 Å². The van der Waals surface area contributed by atoms with Gasteiger partial charge >= 0.3 is 0 Å². The van der Waals surface area contributed by atoms with Crippen molar-refractivity contribution in [1.29, 1.82) is 0 Å². The van der Waals surface area contributed by atoms with Crippen molar-refractivity contribution < 1.29 is 9.59 Å². The van der Waals surface area contributed by atoms with Gasteiger partial charge in [-0.1, -0.05) is 12.1 Å². The number of anilines is 1. The first kappa shape index (κ1) is 10.9. The summed E-state index contributed by atoms with van der Waals surface area (Å²) >= 11 is 0. The van der Waals surface area contributed by atoms with E-state index in [1.54, 1.807) is 48.8 Å². The van der Waals surface area contributed by atoms with Crippen LogP contribution in [0.25, 0.3) is 11.0 Å². The summed E-state index contributed by atoms with van der Waals surface area (Å²) in [5.74, 6) is -0.575. The molecule has 1 aliphatic heterocycles. The number of rotatable bonds is 1. The highest BCUT2D eigenvalue weighted by molar-refractivity contribution is 6.34. The lowest BCUT2D eigenvalue weighted by Crippen LogP contribution is -2.29. The number of H-pyrrole nitrogens is 1. The molecule has 0 fully saturated rings. The first-order chi connectivity index (χ1) is 9.75. The molecule has 5 nitrogen and oxygen atoms in total. The van der Waals surface area contributed by atoms with Gasteiger partial charge < -0.3 is 4.98 Å². The maximum absolute atomic E-state index is 12.4. The van der Waals surface area contributed by atoms with Gasteiger partial charge in [0.1, 0.15) is 0 Å². The van der Waals surface area contributed by atoms with E-state index in [1.807, 2.05) is 0 Å². The fourth-order valence-corrected chi connectivity index (χ4v) is 2.49. The predicted molar refractivity (Wildman–Crippen MR) is 73.7 cm³/mol. The van der Waals surface area contributed by atoms with Crippen LogP contribution in [0.2, 0.25) is 0 Å². The summed E-state index contributed by atoms with van der Waals surface area (Å²) in [6.45, 7) is 0. The minimum Gasteiger partial charge on any atom is -0.345 e. The van der Waals surface area contributed by atoms with Gasteiger partial charge in [0, 0.05) is 0 Å². The molecule has 0 saturated heterocycles. The van der Waals surface area contributed by atoms with Crippen LogP contribution in [0.5, 0.6) is 0 Å². The van der Waals surface area contributed by atoms with Gasteiger partial charge in [-0.05, 0) is 30.3 Å². The van der Waals surface area contributed by atoms with Crippen LogP contribution in [0.3, 0.4) is 0 Å². The number of aromatic nitrogens is 2. The van der Waals surface area contributed by atoms with Crippen molar-refractivity contribution in [2.75, 3.05) is 4.90 Å². The molecule has 20 heavy (non-hydrogen) atoms. The SMILES string of the molecule is O=C1c2ccccc2C(=O)N1c1ccc2nc[nH]c2c1. The number of carbonyl (C=O) groups excluding carboxylic acids is 2. The van der Waals surface area contributed by atoms with Crippen molar-refractivity contribution >= 4 is 28.5 Å². The van der Waals surface area contributed by atoms with E-state index in [9.17, 15) is 9.59 Å². The van der Waals surface area contributed by atoms with E-state index in [1.165, 1.54) is 4.90 Å². The molecule has 1 N–H and O–H groups in total. The van der Waals surface area contributed by atoms with Gasteiger partial charge in [-0.3, -0.25) is 9.59 Å². The van der Waals surface area contributed by atoms with Crippen molar-refractivity contribution in [3.63, 3.8) is 0 Å². The monoisotopic (exact) mass is 263 g/mol. The van der Waals surface area contributed by atoms with Crippen LogP contribution < -0.4 is 4.90 Å². The van der Waals surface area contributed by atoms with E-state index in [0.717, 1.165) is 11.0 Å². The quantitative estimate of drug-likeness (QED) is 0.685. The van der Waals surface area contributed by atoms with E-state index in [-0.39, 0.29) is 11.8 Å². The van der Waals surface area contributed by atoms with E-state index < -0.39 is 0 Å². The number of carbonyl (C=O) groups is 2. The third-order valence-corrected chi connectivity index (χ3v) is 3.46. The van der Waals surface area contributed by atoms with Crippen LogP contribution in [-0.4, -0.2) is 21.8 Å². The molecule has 4 rings (SSSR count). The molecular weight excluding hydrogens is 254 g/mol. The second-order valence-corrected chi connectivity index (χ2v) is 4.60. The summed E-state index contributed by atoms with van der Waals surface area (Å²) in [5, 5.41) is 0. The molecule has 5 heteroatoms. The van der Waals surface area contributed by atoms with Crippen LogP contribution in [0, 0.1) is 0 Å². The third kappa shape index (κ3) is 1.34. The largest absolute Gasteiger partial charge is 0.345 e. The van der Waals surface area contributed by atoms with Crippen LogP contribution in [-0.2, 0) is 0 Å². The summed E-state index contributed by atoms with van der Waals surface area (Å²) in [5.41, 5.74) is 3.03. The lowest BCUT2D eigenvalue weighted by atomic mass is 10.1. The Morgan fingerprint density at radius 2 is 1.65 bits per heavy atom. The number of amides is 2. The Hall–Kier alpha value is -2.95. The summed E-state index contributed by atoms with van der Waals surface area (Å²) < 4.78 is 0. The van der Waals surface area contributed by atoms with Crippen LogP contribution in [0.4, 0.5) is 5.69 Å². The topological polar surface area (TPSA) is 66.1 Å². The molecule has 0 bridgehead atoms. The Bertz CT molecular complexity index is 831. The maximum Gasteiger partial charge on any atom is 0.266 e. The Morgan fingerprint density at radius 1 is 0.950 bits per heavy atom. The molecule has 96 valence electrons. The van der Waals surface area contributed by atoms with Crippen molar-refractivity contribution in [1.82, 2.24) is 9.97 Å². The zero-order valence-corrected chi connectivity index (χ0v) is 10.3. The molecule has 0 aliphatic carbocycles. The molecule has 2 amide bonds. The number of nitrogens with zero attached hydrogens (tertiary/aromatic N) is 2. The lowest BCUT2D eigenvalue weighted by molar-refractivity contribution is 0.0926. The molecule has 1 aliphatic rings. The number of hydrogen-bond donors (Lipinski definition) is 1. The molecule has 0 spiro atoms. The molecule has 2 heterocycles. The van der Waals surface area contributed by atoms with Gasteiger partial charge in [-0.25, -0.2) is 9.88 Å². The molecule has 3 aromatic rings. The molecule has 2 aromatic carbocycles. The van der Waals surface area contributed by atoms with Crippen molar-refractivity contribution in [3.8, 4) is 0 Å². The number of nitrogens with one attached hydrogen (secondary N) is 1. The number of hydrogen-bond acceptors (Lipinski definition) is 3. The normalized spacial score (nSPS) is 14.1. The van der Waals surface area contributed by atoms with Crippen molar-refractivity contribution in [3.05, 3.63) is 59.9 Å². The van der Waals surface area contributed by atoms with Gasteiger partial charge in [0.25, 0.3) is 11.8 Å². The Balaban J connectivity index is 1.87. The minimum atomic E-state index is -0.288. The second-order valence-electron chi connectivity index (χ2n) is 4.60. The van der Waals surface area contributed by atoms with Gasteiger partial charge in [-0.2, -0.15) is 0 Å². The first-order valence-corrected chi connectivity index (χ1v) is 6.16. The van der Waals surface area contributed by atoms with Crippen LogP contribution in [0.15, 0.2) is 48.8 Å². The summed E-state index contributed by atoms with van der Waals surface area (Å²) in [6, 6.07) is 12.1. The summed E-state index contributed by atoms with van der Waals surface area (Å²) in [6.07, 6.45) is 1.58. The maximum atomic E-state index is 12.4. The molecule has 0 radical (unpaired) electrons. The Labute approximate surface area is 113 Å². The standard InChI is InChI=1S/C15H9N3O2/c19-14-10-3-1-2-4-11(10)15(20)18(14)9-5-6-12-13(7-9)17-8-16-12/h1-8H,(H,16,17). The predicted octanol–water partition coefficient (Wildman–Crippen LogP) is 2.36. The highest BCUT2D eigenvalue weighted by Gasteiger charge is 2.36. The number of imide groups is 1. The van der Waals surface area contributed by atoms with Crippen LogP contribution >= 0.6 is 0 Å². The second kappa shape index (κ2) is 3.77. The minimum absolute atomic E-state index is 0.288. The number of imidazole rings is 1. The molecule has 0 unspecified atom stereocenters. The number of fused-ring (bicyclic) bond motifs is 2. The van der Waals surface area contributed by atoms with Gasteiger partial charge in [-0.15, -0.1) is 0 Å². The zero-order chi connectivity index (χ0) is 13.7. The van der Waals surface area contributed by atoms with Crippen molar-refractivity contribution in [2.45, 2.75) is 0 Å². The third-order valence-electron chi connectivity index (χ3n) is 3.46. The molecule has 1 aromatic heterocycles. The number of aromatic amines is 1. The fraction of sp³-hybridized carbons (Fsp3) is 0. The van der Waals surface area contributed by atoms with Gasteiger partial charge in [0.2, 0.25) is 0 Å². The Morgan fingerprint density at radius 3 is 2.35 bits per heavy atom. The fourth-order valence-electron chi connectivity index (χ4n) is 2.49. The van der Waals surface area contributed by atoms with Gasteiger partial charge in [0.05, 0.1) is 34.2 Å². The Kier molecular flexibility index (Phi) is 2.06. The van der Waals surface area contributed by atoms with E-state index in [4.69, 9.17) is 0 Å².